The zero-order chi connectivity index (χ0) is 16.4. The SMILES string of the molecule is CCOCCN1OCCC(N2C(=O)c3cccc(N)c3C2=O)O1. The van der Waals surface area contributed by atoms with Gasteiger partial charge in [0.05, 0.1) is 30.9 Å². The van der Waals surface area contributed by atoms with E-state index in [2.05, 4.69) is 0 Å². The number of anilines is 1. The molecule has 0 aromatic heterocycles. The predicted molar refractivity (Wildman–Crippen MR) is 80.0 cm³/mol. The lowest BCUT2D eigenvalue weighted by molar-refractivity contribution is -0.425. The second kappa shape index (κ2) is 6.63. The largest absolute Gasteiger partial charge is 0.398 e. The molecule has 2 amide bonds. The summed E-state index contributed by atoms with van der Waals surface area (Å²) in [4.78, 5) is 37.1. The molecular formula is C15H19N3O5. The number of hydroxylamine groups is 2. The quantitative estimate of drug-likeness (QED) is 0.487. The number of nitrogen functional groups attached to an aromatic ring is 1. The Bertz CT molecular complexity index is 621. The highest BCUT2D eigenvalue weighted by atomic mass is 17.0. The van der Waals surface area contributed by atoms with Crippen molar-refractivity contribution in [2.75, 3.05) is 32.1 Å². The summed E-state index contributed by atoms with van der Waals surface area (Å²) in [7, 11) is 0. The Hall–Kier alpha value is -2.00. The monoisotopic (exact) mass is 321 g/mol. The van der Waals surface area contributed by atoms with Crippen LogP contribution in [0.5, 0.6) is 0 Å². The van der Waals surface area contributed by atoms with Crippen molar-refractivity contribution < 1.29 is 24.0 Å². The van der Waals surface area contributed by atoms with E-state index in [4.69, 9.17) is 20.1 Å². The third kappa shape index (κ3) is 2.93. The summed E-state index contributed by atoms with van der Waals surface area (Å²) in [5.41, 5.74) is 6.68. The summed E-state index contributed by atoms with van der Waals surface area (Å²) >= 11 is 0. The number of fused-ring (bicyclic) bond motifs is 1. The molecule has 0 aliphatic carbocycles. The molecule has 1 aromatic rings. The minimum absolute atomic E-state index is 0.244. The summed E-state index contributed by atoms with van der Waals surface area (Å²) in [6.45, 7) is 3.65. The molecule has 1 saturated heterocycles. The van der Waals surface area contributed by atoms with Crippen molar-refractivity contribution in [3.63, 3.8) is 0 Å². The molecule has 23 heavy (non-hydrogen) atoms. The van der Waals surface area contributed by atoms with Crippen LogP contribution < -0.4 is 5.73 Å². The summed E-state index contributed by atoms with van der Waals surface area (Å²) in [6, 6.07) is 4.85. The maximum Gasteiger partial charge on any atom is 0.265 e. The smallest absolute Gasteiger partial charge is 0.265 e. The maximum absolute atomic E-state index is 12.6. The molecule has 2 N–H and O–H groups in total. The number of nitrogens with zero attached hydrogens (tertiary/aromatic N) is 2. The van der Waals surface area contributed by atoms with Crippen molar-refractivity contribution in [2.45, 2.75) is 19.6 Å². The van der Waals surface area contributed by atoms with Crippen LogP contribution in [0.4, 0.5) is 5.69 Å². The van der Waals surface area contributed by atoms with Gasteiger partial charge >= 0.3 is 0 Å². The maximum atomic E-state index is 12.6. The van der Waals surface area contributed by atoms with Gasteiger partial charge in [-0.25, -0.2) is 9.74 Å². The van der Waals surface area contributed by atoms with Crippen molar-refractivity contribution in [3.05, 3.63) is 29.3 Å². The molecule has 0 bridgehead atoms. The molecule has 1 fully saturated rings. The highest BCUT2D eigenvalue weighted by Gasteiger charge is 2.43. The third-order valence-electron chi connectivity index (χ3n) is 3.73. The Morgan fingerprint density at radius 2 is 2.17 bits per heavy atom. The van der Waals surface area contributed by atoms with E-state index in [1.165, 1.54) is 5.23 Å². The van der Waals surface area contributed by atoms with Crippen LogP contribution in [-0.2, 0) is 14.4 Å². The van der Waals surface area contributed by atoms with Gasteiger partial charge in [0, 0.05) is 18.7 Å². The van der Waals surface area contributed by atoms with E-state index in [0.717, 1.165) is 4.90 Å². The van der Waals surface area contributed by atoms with Crippen LogP contribution in [0.15, 0.2) is 18.2 Å². The Morgan fingerprint density at radius 1 is 1.35 bits per heavy atom. The molecule has 1 atom stereocenters. The fourth-order valence-corrected chi connectivity index (χ4v) is 2.64. The van der Waals surface area contributed by atoms with Crippen molar-refractivity contribution in [3.8, 4) is 0 Å². The Balaban J connectivity index is 1.74. The normalized spacial score (nSPS) is 21.8. The average Bonchev–Trinajstić information content (AvgIpc) is 2.80. The molecule has 8 nitrogen and oxygen atoms in total. The van der Waals surface area contributed by atoms with Crippen LogP contribution in [-0.4, -0.2) is 54.5 Å². The highest BCUT2D eigenvalue weighted by Crippen LogP contribution is 2.31. The summed E-state index contributed by atoms with van der Waals surface area (Å²) in [5, 5.41) is 1.26. The lowest BCUT2D eigenvalue weighted by atomic mass is 10.1. The van der Waals surface area contributed by atoms with E-state index in [1.54, 1.807) is 18.2 Å². The fraction of sp³-hybridized carbons (Fsp3) is 0.467. The minimum Gasteiger partial charge on any atom is -0.398 e. The van der Waals surface area contributed by atoms with Crippen molar-refractivity contribution in [1.82, 2.24) is 10.1 Å². The molecular weight excluding hydrogens is 302 g/mol. The third-order valence-corrected chi connectivity index (χ3v) is 3.73. The summed E-state index contributed by atoms with van der Waals surface area (Å²) < 4.78 is 5.24. The topological polar surface area (TPSA) is 94.3 Å². The first-order valence-electron chi connectivity index (χ1n) is 7.54. The molecule has 1 unspecified atom stereocenters. The number of ether oxygens (including phenoxy) is 1. The predicted octanol–water partition coefficient (Wildman–Crippen LogP) is 0.796. The number of nitrogens with two attached hydrogens (primary N) is 1. The summed E-state index contributed by atoms with van der Waals surface area (Å²) in [5.74, 6) is -0.825. The molecule has 1 aromatic carbocycles. The molecule has 0 saturated carbocycles. The van der Waals surface area contributed by atoms with E-state index in [9.17, 15) is 9.59 Å². The van der Waals surface area contributed by atoms with E-state index >= 15 is 0 Å². The standard InChI is InChI=1S/C15H19N3O5/c1-2-21-9-7-17-22-8-6-12(23-17)18-14(19)10-4-3-5-11(16)13(10)15(18)20/h3-5,12H,2,6-9,16H2,1H3. The lowest BCUT2D eigenvalue weighted by Gasteiger charge is -2.34. The van der Waals surface area contributed by atoms with Crippen LogP contribution in [0.25, 0.3) is 0 Å². The first kappa shape index (κ1) is 15.9. The van der Waals surface area contributed by atoms with Gasteiger partial charge in [0.25, 0.3) is 11.8 Å². The number of benzene rings is 1. The number of amides is 2. The van der Waals surface area contributed by atoms with Gasteiger partial charge in [-0.15, -0.1) is 0 Å². The van der Waals surface area contributed by atoms with E-state index in [-0.39, 0.29) is 5.56 Å². The molecule has 8 heteroatoms. The van der Waals surface area contributed by atoms with Gasteiger partial charge in [-0.2, -0.15) is 0 Å². The summed E-state index contributed by atoms with van der Waals surface area (Å²) in [6.07, 6.45) is -0.312. The Kier molecular flexibility index (Phi) is 4.58. The van der Waals surface area contributed by atoms with Crippen molar-refractivity contribution in [1.29, 1.82) is 0 Å². The van der Waals surface area contributed by atoms with Crippen LogP contribution in [0, 0.1) is 0 Å². The van der Waals surface area contributed by atoms with Gasteiger partial charge in [0.2, 0.25) is 0 Å². The van der Waals surface area contributed by atoms with Crippen molar-refractivity contribution >= 4 is 17.5 Å². The second-order valence-corrected chi connectivity index (χ2v) is 5.19. The van der Waals surface area contributed by atoms with Gasteiger partial charge in [0.15, 0.2) is 6.23 Å². The van der Waals surface area contributed by atoms with E-state index in [0.29, 0.717) is 44.0 Å². The molecule has 0 spiro atoms. The lowest BCUT2D eigenvalue weighted by Crippen LogP contribution is -2.49. The first-order valence-corrected chi connectivity index (χ1v) is 7.54. The number of hydrogen-bond acceptors (Lipinski definition) is 7. The number of rotatable bonds is 5. The van der Waals surface area contributed by atoms with E-state index in [1.807, 2.05) is 6.92 Å². The van der Waals surface area contributed by atoms with Gasteiger partial charge in [0.1, 0.15) is 0 Å². The van der Waals surface area contributed by atoms with Gasteiger partial charge in [-0.3, -0.25) is 14.4 Å². The van der Waals surface area contributed by atoms with Crippen LogP contribution in [0.1, 0.15) is 34.1 Å². The number of carbonyl (C=O) groups excluding carboxylic acids is 2. The fourth-order valence-electron chi connectivity index (χ4n) is 2.64. The van der Waals surface area contributed by atoms with Gasteiger partial charge in [-0.05, 0) is 19.1 Å². The molecule has 2 aliphatic rings. The molecule has 2 aliphatic heterocycles. The molecule has 3 rings (SSSR count). The van der Waals surface area contributed by atoms with Gasteiger partial charge in [-0.1, -0.05) is 11.3 Å². The average molecular weight is 321 g/mol. The number of hydrogen-bond donors (Lipinski definition) is 1. The zero-order valence-corrected chi connectivity index (χ0v) is 12.9. The molecule has 2 heterocycles. The second-order valence-electron chi connectivity index (χ2n) is 5.19. The van der Waals surface area contributed by atoms with Crippen LogP contribution >= 0.6 is 0 Å². The first-order chi connectivity index (χ1) is 11.1. The van der Waals surface area contributed by atoms with Crippen LogP contribution in [0.2, 0.25) is 0 Å². The Morgan fingerprint density at radius 3 is 2.91 bits per heavy atom. The number of carbonyl (C=O) groups is 2. The minimum atomic E-state index is -0.711. The van der Waals surface area contributed by atoms with Crippen LogP contribution in [0.3, 0.4) is 0 Å². The van der Waals surface area contributed by atoms with Crippen molar-refractivity contribution in [2.24, 2.45) is 0 Å². The molecule has 0 radical (unpaired) electrons. The zero-order valence-electron chi connectivity index (χ0n) is 12.9. The molecule has 124 valence electrons. The highest BCUT2D eigenvalue weighted by molar-refractivity contribution is 6.23. The van der Waals surface area contributed by atoms with E-state index < -0.39 is 18.0 Å². The Labute approximate surface area is 133 Å². The van der Waals surface area contributed by atoms with Gasteiger partial charge < -0.3 is 10.5 Å². The number of imide groups is 1.